The highest BCUT2D eigenvalue weighted by atomic mass is 16.2. The Kier molecular flexibility index (Phi) is 3.23. The van der Waals surface area contributed by atoms with Gasteiger partial charge in [0, 0.05) is 21.1 Å². The maximum absolute atomic E-state index is 11.8. The second kappa shape index (κ2) is 4.68. The Hall–Kier alpha value is -2.04. The molecule has 0 saturated carbocycles. The van der Waals surface area contributed by atoms with Crippen LogP contribution in [-0.4, -0.2) is 40.5 Å². The predicted octanol–water partition coefficient (Wildman–Crippen LogP) is 1.46. The third kappa shape index (κ3) is 2.16. The van der Waals surface area contributed by atoms with Crippen molar-refractivity contribution in [1.29, 1.82) is 0 Å². The first-order chi connectivity index (χ1) is 8.50. The van der Waals surface area contributed by atoms with Crippen molar-refractivity contribution >= 4 is 22.9 Å². The fourth-order valence-electron chi connectivity index (χ4n) is 1.92. The summed E-state index contributed by atoms with van der Waals surface area (Å²) in [7, 11) is 5.43. The van der Waals surface area contributed by atoms with Gasteiger partial charge in [0.15, 0.2) is 0 Å². The summed E-state index contributed by atoms with van der Waals surface area (Å²) < 4.78 is 1.95. The first-order valence-corrected chi connectivity index (χ1v) is 5.90. The minimum Gasteiger partial charge on any atom is -0.347 e. The lowest BCUT2D eigenvalue weighted by atomic mass is 10.3. The van der Waals surface area contributed by atoms with Crippen LogP contribution in [0.25, 0.3) is 11.0 Å². The predicted molar refractivity (Wildman–Crippen MR) is 72.5 cm³/mol. The molecule has 1 unspecified atom stereocenters. The van der Waals surface area contributed by atoms with Crippen LogP contribution in [-0.2, 0) is 11.8 Å². The molecule has 0 spiro atoms. The number of hydrogen-bond acceptors (Lipinski definition) is 3. The van der Waals surface area contributed by atoms with E-state index in [1.165, 1.54) is 0 Å². The molecule has 0 bridgehead atoms. The lowest BCUT2D eigenvalue weighted by molar-refractivity contribution is -0.129. The summed E-state index contributed by atoms with van der Waals surface area (Å²) in [6.07, 6.45) is 0. The smallest absolute Gasteiger partial charge is 0.244 e. The van der Waals surface area contributed by atoms with E-state index in [9.17, 15) is 4.79 Å². The highest BCUT2D eigenvalue weighted by Gasteiger charge is 2.17. The summed E-state index contributed by atoms with van der Waals surface area (Å²) >= 11 is 0. The molecule has 0 aliphatic heterocycles. The zero-order chi connectivity index (χ0) is 13.3. The zero-order valence-electron chi connectivity index (χ0n) is 11.1. The number of fused-ring (bicyclic) bond motifs is 1. The summed E-state index contributed by atoms with van der Waals surface area (Å²) in [4.78, 5) is 17.8. The van der Waals surface area contributed by atoms with Crippen molar-refractivity contribution < 1.29 is 4.79 Å². The van der Waals surface area contributed by atoms with E-state index < -0.39 is 0 Å². The average molecular weight is 246 g/mol. The number of imidazole rings is 1. The molecule has 18 heavy (non-hydrogen) atoms. The van der Waals surface area contributed by atoms with Crippen LogP contribution in [0.15, 0.2) is 24.3 Å². The molecule has 1 atom stereocenters. The quantitative estimate of drug-likeness (QED) is 0.892. The van der Waals surface area contributed by atoms with Gasteiger partial charge >= 0.3 is 0 Å². The molecule has 1 aromatic heterocycles. The number of anilines is 1. The van der Waals surface area contributed by atoms with Crippen LogP contribution in [0.5, 0.6) is 0 Å². The Morgan fingerprint density at radius 3 is 2.67 bits per heavy atom. The van der Waals surface area contributed by atoms with Crippen LogP contribution >= 0.6 is 0 Å². The van der Waals surface area contributed by atoms with Crippen molar-refractivity contribution in [3.63, 3.8) is 0 Å². The first kappa shape index (κ1) is 12.4. The number of aryl methyl sites for hydroxylation is 1. The van der Waals surface area contributed by atoms with Crippen molar-refractivity contribution in [1.82, 2.24) is 14.5 Å². The van der Waals surface area contributed by atoms with Gasteiger partial charge in [0.1, 0.15) is 6.04 Å². The Balaban J connectivity index is 2.27. The molecule has 96 valence electrons. The largest absolute Gasteiger partial charge is 0.347 e. The van der Waals surface area contributed by atoms with Crippen LogP contribution < -0.4 is 5.32 Å². The van der Waals surface area contributed by atoms with E-state index in [4.69, 9.17) is 0 Å². The van der Waals surface area contributed by atoms with Crippen LogP contribution in [0.2, 0.25) is 0 Å². The molecule has 1 N–H and O–H groups in total. The third-order valence-electron chi connectivity index (χ3n) is 2.94. The number of para-hydroxylation sites is 2. The Labute approximate surface area is 106 Å². The summed E-state index contributed by atoms with van der Waals surface area (Å²) in [5.74, 6) is 0.737. The number of carbonyl (C=O) groups excluding carboxylic acids is 1. The highest BCUT2D eigenvalue weighted by Crippen LogP contribution is 2.18. The molecule has 5 heteroatoms. The normalized spacial score (nSPS) is 12.4. The van der Waals surface area contributed by atoms with Crippen molar-refractivity contribution in [2.24, 2.45) is 7.05 Å². The monoisotopic (exact) mass is 246 g/mol. The SMILES string of the molecule is CC(Nc1nc2ccccc2n1C)C(=O)N(C)C. The lowest BCUT2D eigenvalue weighted by Gasteiger charge is -2.18. The van der Waals surface area contributed by atoms with E-state index in [0.29, 0.717) is 5.95 Å². The Morgan fingerprint density at radius 1 is 1.39 bits per heavy atom. The topological polar surface area (TPSA) is 50.2 Å². The van der Waals surface area contributed by atoms with Gasteiger partial charge in [-0.3, -0.25) is 4.79 Å². The van der Waals surface area contributed by atoms with Crippen LogP contribution in [0.3, 0.4) is 0 Å². The second-order valence-electron chi connectivity index (χ2n) is 4.58. The lowest BCUT2D eigenvalue weighted by Crippen LogP contribution is -2.37. The van der Waals surface area contributed by atoms with E-state index in [1.807, 2.05) is 42.8 Å². The van der Waals surface area contributed by atoms with Gasteiger partial charge in [-0.15, -0.1) is 0 Å². The zero-order valence-corrected chi connectivity index (χ0v) is 11.1. The summed E-state index contributed by atoms with van der Waals surface area (Å²) in [6.45, 7) is 1.84. The molecule has 0 radical (unpaired) electrons. The number of rotatable bonds is 3. The van der Waals surface area contributed by atoms with Crippen LogP contribution in [0.1, 0.15) is 6.92 Å². The number of hydrogen-bond donors (Lipinski definition) is 1. The highest BCUT2D eigenvalue weighted by molar-refractivity contribution is 5.84. The molecule has 1 aromatic carbocycles. The number of carbonyl (C=O) groups is 1. The van der Waals surface area contributed by atoms with Gasteiger partial charge in [-0.2, -0.15) is 0 Å². The molecular weight excluding hydrogens is 228 g/mol. The van der Waals surface area contributed by atoms with Crippen molar-refractivity contribution in [3.05, 3.63) is 24.3 Å². The molecule has 0 fully saturated rings. The molecule has 2 rings (SSSR count). The van der Waals surface area contributed by atoms with Crippen molar-refractivity contribution in [2.45, 2.75) is 13.0 Å². The molecule has 1 heterocycles. The summed E-state index contributed by atoms with van der Waals surface area (Å²) in [5.41, 5.74) is 1.97. The van der Waals surface area contributed by atoms with Gasteiger partial charge in [0.2, 0.25) is 11.9 Å². The first-order valence-electron chi connectivity index (χ1n) is 5.90. The molecule has 0 saturated heterocycles. The second-order valence-corrected chi connectivity index (χ2v) is 4.58. The van der Waals surface area contributed by atoms with Gasteiger partial charge < -0.3 is 14.8 Å². The third-order valence-corrected chi connectivity index (χ3v) is 2.94. The van der Waals surface area contributed by atoms with Gasteiger partial charge in [-0.05, 0) is 19.1 Å². The average Bonchev–Trinajstić information content (AvgIpc) is 2.66. The van der Waals surface area contributed by atoms with E-state index >= 15 is 0 Å². The van der Waals surface area contributed by atoms with Gasteiger partial charge in [-0.1, -0.05) is 12.1 Å². The van der Waals surface area contributed by atoms with Gasteiger partial charge in [0.25, 0.3) is 0 Å². The Morgan fingerprint density at radius 2 is 2.06 bits per heavy atom. The molecule has 0 aliphatic carbocycles. The minimum atomic E-state index is -0.296. The number of aromatic nitrogens is 2. The van der Waals surface area contributed by atoms with Crippen molar-refractivity contribution in [2.75, 3.05) is 19.4 Å². The van der Waals surface area contributed by atoms with Crippen LogP contribution in [0, 0.1) is 0 Å². The number of nitrogens with one attached hydrogen (secondary N) is 1. The summed E-state index contributed by atoms with van der Waals surface area (Å²) in [5, 5.41) is 3.14. The number of benzene rings is 1. The summed E-state index contributed by atoms with van der Waals surface area (Å²) in [6, 6.07) is 7.59. The molecule has 0 aliphatic rings. The standard InChI is InChI=1S/C13H18N4O/c1-9(12(18)16(2)3)14-13-15-10-7-5-6-8-11(10)17(13)4/h5-9H,1-4H3,(H,14,15). The fraction of sp³-hybridized carbons (Fsp3) is 0.385. The maximum Gasteiger partial charge on any atom is 0.244 e. The maximum atomic E-state index is 11.8. The van der Waals surface area contributed by atoms with E-state index in [0.717, 1.165) is 11.0 Å². The molecular formula is C13H18N4O. The molecule has 2 aromatic rings. The van der Waals surface area contributed by atoms with Gasteiger partial charge in [-0.25, -0.2) is 4.98 Å². The van der Waals surface area contributed by atoms with E-state index in [1.54, 1.807) is 19.0 Å². The fourth-order valence-corrected chi connectivity index (χ4v) is 1.92. The van der Waals surface area contributed by atoms with Crippen molar-refractivity contribution in [3.8, 4) is 0 Å². The Bertz CT molecular complexity index is 573. The minimum absolute atomic E-state index is 0.0297. The van der Waals surface area contributed by atoms with Crippen LogP contribution in [0.4, 0.5) is 5.95 Å². The number of amides is 1. The molecule has 5 nitrogen and oxygen atoms in total. The number of nitrogens with zero attached hydrogens (tertiary/aromatic N) is 3. The van der Waals surface area contributed by atoms with E-state index in [2.05, 4.69) is 10.3 Å². The molecule has 1 amide bonds. The van der Waals surface area contributed by atoms with Gasteiger partial charge in [0.05, 0.1) is 11.0 Å². The van der Waals surface area contributed by atoms with E-state index in [-0.39, 0.29) is 11.9 Å². The number of likely N-dealkylation sites (N-methyl/N-ethyl adjacent to an activating group) is 1.